The molecule has 1 unspecified atom stereocenters. The van der Waals surface area contributed by atoms with Crippen LogP contribution in [0.4, 0.5) is 0 Å². The van der Waals surface area contributed by atoms with Crippen molar-refractivity contribution in [1.82, 2.24) is 0 Å². The standard InChI is InChI=1S/C7H14S4/c1-4-6-9-11-7(5-2)10-8-3/h4,6-7H,5H2,1-3H3/b6-4+. The van der Waals surface area contributed by atoms with E-state index < -0.39 is 0 Å². The summed E-state index contributed by atoms with van der Waals surface area (Å²) in [6.07, 6.45) is 5.45. The molecule has 0 fully saturated rings. The third-order valence-electron chi connectivity index (χ3n) is 0.891. The van der Waals surface area contributed by atoms with E-state index in [1.165, 1.54) is 6.42 Å². The minimum atomic E-state index is 0.728. The van der Waals surface area contributed by atoms with Gasteiger partial charge >= 0.3 is 0 Å². The van der Waals surface area contributed by atoms with Crippen LogP contribution in [-0.2, 0) is 0 Å². The van der Waals surface area contributed by atoms with Gasteiger partial charge in [0, 0.05) is 0 Å². The summed E-state index contributed by atoms with van der Waals surface area (Å²) < 4.78 is 0.728. The van der Waals surface area contributed by atoms with Gasteiger partial charge in [0.1, 0.15) is 0 Å². The molecule has 0 amide bonds. The molecule has 1 atom stereocenters. The van der Waals surface area contributed by atoms with Crippen molar-refractivity contribution in [3.63, 3.8) is 0 Å². The predicted molar refractivity (Wildman–Crippen MR) is 65.2 cm³/mol. The molecule has 11 heavy (non-hydrogen) atoms. The predicted octanol–water partition coefficient (Wildman–Crippen LogP) is 4.65. The number of allylic oxidation sites excluding steroid dienone is 1. The summed E-state index contributed by atoms with van der Waals surface area (Å²) in [4.78, 5) is 0. The highest BCUT2D eigenvalue weighted by Gasteiger charge is 2.05. The van der Waals surface area contributed by atoms with E-state index in [-0.39, 0.29) is 0 Å². The lowest BCUT2D eigenvalue weighted by molar-refractivity contribution is 1.07. The summed E-state index contributed by atoms with van der Waals surface area (Å²) in [6, 6.07) is 0. The zero-order valence-electron chi connectivity index (χ0n) is 7.07. The molecule has 0 saturated carbocycles. The Balaban J connectivity index is 3.35. The molecular weight excluding hydrogens is 212 g/mol. The lowest BCUT2D eigenvalue weighted by atomic mass is 10.6. The molecule has 0 aliphatic rings. The lowest BCUT2D eigenvalue weighted by Crippen LogP contribution is -1.87. The number of hydrogen-bond donors (Lipinski definition) is 0. The van der Waals surface area contributed by atoms with Gasteiger partial charge in [-0.1, -0.05) is 56.2 Å². The van der Waals surface area contributed by atoms with Gasteiger partial charge < -0.3 is 0 Å². The van der Waals surface area contributed by atoms with Crippen LogP contribution in [0.5, 0.6) is 0 Å². The first-order valence-corrected chi connectivity index (χ1v) is 8.37. The Morgan fingerprint density at radius 1 is 1.36 bits per heavy atom. The van der Waals surface area contributed by atoms with Crippen LogP contribution in [0.2, 0.25) is 0 Å². The normalized spacial score (nSPS) is 14.1. The van der Waals surface area contributed by atoms with E-state index in [9.17, 15) is 0 Å². The van der Waals surface area contributed by atoms with Crippen molar-refractivity contribution in [2.45, 2.75) is 24.9 Å². The van der Waals surface area contributed by atoms with Crippen molar-refractivity contribution in [2.24, 2.45) is 0 Å². The SMILES string of the molecule is C/C=C/SSC(CC)SSC. The molecule has 0 aliphatic heterocycles. The fourth-order valence-corrected chi connectivity index (χ4v) is 5.95. The first-order valence-electron chi connectivity index (χ1n) is 3.47. The molecular formula is C7H14S4. The molecule has 0 heterocycles. The minimum absolute atomic E-state index is 0.728. The van der Waals surface area contributed by atoms with E-state index in [4.69, 9.17) is 0 Å². The Morgan fingerprint density at radius 3 is 2.55 bits per heavy atom. The average molecular weight is 226 g/mol. The van der Waals surface area contributed by atoms with Gasteiger partial charge in [0.05, 0.1) is 4.58 Å². The summed E-state index contributed by atoms with van der Waals surface area (Å²) in [7, 11) is 7.57. The van der Waals surface area contributed by atoms with Gasteiger partial charge in [0.15, 0.2) is 0 Å². The third kappa shape index (κ3) is 7.50. The molecule has 0 spiro atoms. The topological polar surface area (TPSA) is 0 Å². The molecule has 0 nitrogen and oxygen atoms in total. The van der Waals surface area contributed by atoms with Crippen LogP contribution in [0, 0.1) is 0 Å². The van der Waals surface area contributed by atoms with Gasteiger partial charge in [-0.25, -0.2) is 0 Å². The van der Waals surface area contributed by atoms with Gasteiger partial charge in [-0.3, -0.25) is 0 Å². The molecule has 0 aromatic rings. The van der Waals surface area contributed by atoms with Crippen molar-refractivity contribution < 1.29 is 0 Å². The first kappa shape index (κ1) is 12.1. The molecule has 66 valence electrons. The minimum Gasteiger partial charge on any atom is -0.0964 e. The fourth-order valence-electron chi connectivity index (χ4n) is 0.409. The van der Waals surface area contributed by atoms with Gasteiger partial charge in [0.2, 0.25) is 0 Å². The lowest BCUT2D eigenvalue weighted by Gasteiger charge is -2.08. The smallest absolute Gasteiger partial charge is 0.0710 e. The second kappa shape index (κ2) is 9.23. The van der Waals surface area contributed by atoms with Crippen molar-refractivity contribution in [3.8, 4) is 0 Å². The monoisotopic (exact) mass is 226 g/mol. The fraction of sp³-hybridized carbons (Fsp3) is 0.714. The molecule has 0 radical (unpaired) electrons. The van der Waals surface area contributed by atoms with Crippen molar-refractivity contribution in [2.75, 3.05) is 6.26 Å². The van der Waals surface area contributed by atoms with Crippen LogP contribution >= 0.6 is 43.2 Å². The van der Waals surface area contributed by atoms with E-state index in [1.807, 2.05) is 43.2 Å². The maximum absolute atomic E-state index is 2.23. The van der Waals surface area contributed by atoms with Crippen molar-refractivity contribution in [3.05, 3.63) is 11.5 Å². The van der Waals surface area contributed by atoms with Crippen molar-refractivity contribution >= 4 is 43.2 Å². The van der Waals surface area contributed by atoms with E-state index in [1.54, 1.807) is 0 Å². The van der Waals surface area contributed by atoms with Crippen LogP contribution in [0.1, 0.15) is 20.3 Å². The highest BCUT2D eigenvalue weighted by molar-refractivity contribution is 8.85. The molecule has 0 rings (SSSR count). The summed E-state index contributed by atoms with van der Waals surface area (Å²) >= 11 is 0. The zero-order valence-corrected chi connectivity index (χ0v) is 10.3. The Labute approximate surface area is 85.5 Å². The Morgan fingerprint density at radius 2 is 2.09 bits per heavy atom. The van der Waals surface area contributed by atoms with E-state index in [2.05, 4.69) is 31.6 Å². The molecule has 0 aromatic heterocycles. The highest BCUT2D eigenvalue weighted by atomic mass is 33.1. The summed E-state index contributed by atoms with van der Waals surface area (Å²) in [5.74, 6) is 0. The maximum atomic E-state index is 2.23. The first-order chi connectivity index (χ1) is 5.35. The van der Waals surface area contributed by atoms with Gasteiger partial charge in [-0.15, -0.1) is 0 Å². The van der Waals surface area contributed by atoms with E-state index in [0.29, 0.717) is 0 Å². The second-order valence-electron chi connectivity index (χ2n) is 1.76. The summed E-state index contributed by atoms with van der Waals surface area (Å²) in [5.41, 5.74) is 0. The Bertz CT molecular complexity index is 103. The second-order valence-corrected chi connectivity index (χ2v) is 7.11. The van der Waals surface area contributed by atoms with Crippen LogP contribution in [0.3, 0.4) is 0 Å². The molecule has 0 N–H and O–H groups in total. The molecule has 0 aliphatic carbocycles. The van der Waals surface area contributed by atoms with Crippen molar-refractivity contribution in [1.29, 1.82) is 0 Å². The molecule has 0 aromatic carbocycles. The quantitative estimate of drug-likeness (QED) is 0.477. The van der Waals surface area contributed by atoms with Crippen LogP contribution < -0.4 is 0 Å². The zero-order chi connectivity index (χ0) is 8.53. The third-order valence-corrected chi connectivity index (χ3v) is 6.62. The maximum Gasteiger partial charge on any atom is 0.0710 e. The van der Waals surface area contributed by atoms with Gasteiger partial charge in [-0.05, 0) is 25.0 Å². The Hall–Kier alpha value is 1.14. The number of hydrogen-bond acceptors (Lipinski definition) is 4. The summed E-state index contributed by atoms with van der Waals surface area (Å²) in [5, 5.41) is 2.13. The Kier molecular flexibility index (Phi) is 10.2. The molecule has 0 saturated heterocycles. The largest absolute Gasteiger partial charge is 0.0964 e. The van der Waals surface area contributed by atoms with Gasteiger partial charge in [-0.2, -0.15) is 0 Å². The highest BCUT2D eigenvalue weighted by Crippen LogP contribution is 2.40. The van der Waals surface area contributed by atoms with E-state index >= 15 is 0 Å². The van der Waals surface area contributed by atoms with Crippen LogP contribution in [-0.4, -0.2) is 10.8 Å². The van der Waals surface area contributed by atoms with Crippen LogP contribution in [0.25, 0.3) is 0 Å². The summed E-state index contributed by atoms with van der Waals surface area (Å²) in [6.45, 7) is 4.29. The van der Waals surface area contributed by atoms with E-state index in [0.717, 1.165) is 4.58 Å². The van der Waals surface area contributed by atoms with Gasteiger partial charge in [0.25, 0.3) is 0 Å². The number of rotatable bonds is 6. The molecule has 0 bridgehead atoms. The van der Waals surface area contributed by atoms with Crippen LogP contribution in [0.15, 0.2) is 11.5 Å². The average Bonchev–Trinajstić information content (AvgIpc) is 2.03. The molecule has 4 heteroatoms.